The molecule has 6 aromatic rings. The van der Waals surface area contributed by atoms with Gasteiger partial charge in [-0.15, -0.1) is 0 Å². The van der Waals surface area contributed by atoms with E-state index in [1.807, 2.05) is 97.1 Å². The molecule has 0 aliphatic rings. The lowest BCUT2D eigenvalue weighted by atomic mass is 9.94. The summed E-state index contributed by atoms with van der Waals surface area (Å²) in [4.78, 5) is 116. The maximum atomic E-state index is 14.6. The van der Waals surface area contributed by atoms with Gasteiger partial charge in [-0.25, -0.2) is 19.2 Å². The number of hydrogen-bond acceptors (Lipinski definition) is 13. The highest BCUT2D eigenvalue weighted by Crippen LogP contribution is 2.33. The maximum absolute atomic E-state index is 14.6. The Bertz CT molecular complexity index is 2880. The zero-order valence-electron chi connectivity index (χ0n) is 47.8. The van der Waals surface area contributed by atoms with Crippen LogP contribution in [0.4, 0.5) is 0 Å². The molecular weight excluding hydrogens is 989 g/mol. The second kappa shape index (κ2) is 24.6. The Hall–Kier alpha value is -7.29. The Morgan fingerprint density at radius 3 is 0.705 bits per heavy atom. The second-order valence-corrected chi connectivity index (χ2v) is 22.8. The molecule has 0 heterocycles. The molecule has 0 N–H and O–H groups in total. The number of carbonyl (C=O) groups is 5. The lowest BCUT2D eigenvalue weighted by molar-refractivity contribution is -0.313. The fraction of sp³-hybridized carbons (Fsp3) is 0.369. The molecule has 0 aromatic heterocycles. The molecule has 0 spiro atoms. The topological polar surface area (TPSA) is 159 Å². The van der Waals surface area contributed by atoms with E-state index in [0.717, 1.165) is 45.5 Å². The minimum atomic E-state index is -1.16. The molecule has 0 bridgehead atoms. The van der Waals surface area contributed by atoms with Gasteiger partial charge in [0.05, 0.1) is 22.3 Å². The first-order chi connectivity index (χ1) is 36.5. The zero-order chi connectivity index (χ0) is 57.5. The lowest BCUT2D eigenvalue weighted by Crippen LogP contribution is -2.26. The summed E-state index contributed by atoms with van der Waals surface area (Å²) in [5, 5.41) is 0. The normalized spacial score (nSPS) is 12.3. The first-order valence-electron chi connectivity index (χ1n) is 26.4. The predicted octanol–water partition coefficient (Wildman–Crippen LogP) is 15.5. The number of ketones is 1. The lowest BCUT2D eigenvalue weighted by Gasteiger charge is -2.25. The minimum Gasteiger partial charge on any atom is -0.292 e. The van der Waals surface area contributed by atoms with Gasteiger partial charge in [0.15, 0.2) is 5.78 Å². The van der Waals surface area contributed by atoms with Crippen LogP contribution in [0.5, 0.6) is 0 Å². The molecule has 0 radical (unpaired) electrons. The van der Waals surface area contributed by atoms with Gasteiger partial charge in [-0.2, -0.15) is 19.6 Å². The molecule has 0 saturated heterocycles. The number of benzene rings is 6. The Labute approximate surface area is 459 Å². The first kappa shape index (κ1) is 59.9. The van der Waals surface area contributed by atoms with Crippen molar-refractivity contribution in [2.75, 3.05) is 0 Å². The number of rotatable bonds is 22. The summed E-state index contributed by atoms with van der Waals surface area (Å²) >= 11 is 0. The fourth-order valence-electron chi connectivity index (χ4n) is 8.25. The molecule has 412 valence electrons. The Morgan fingerprint density at radius 2 is 0.500 bits per heavy atom. The van der Waals surface area contributed by atoms with E-state index < -0.39 is 63.2 Å². The highest BCUT2D eigenvalue weighted by Gasteiger charge is 2.34. The van der Waals surface area contributed by atoms with E-state index in [0.29, 0.717) is 23.0 Å². The van der Waals surface area contributed by atoms with E-state index in [1.165, 1.54) is 24.3 Å². The average Bonchev–Trinajstić information content (AvgIpc) is 3.44. The maximum Gasteiger partial charge on any atom is 0.374 e. The van der Waals surface area contributed by atoms with Crippen LogP contribution in [0.3, 0.4) is 0 Å². The highest BCUT2D eigenvalue weighted by molar-refractivity contribution is 6.13. The van der Waals surface area contributed by atoms with Crippen LogP contribution in [-0.2, 0) is 61.5 Å². The van der Waals surface area contributed by atoms with Gasteiger partial charge < -0.3 is 0 Å². The summed E-state index contributed by atoms with van der Waals surface area (Å²) in [6.07, 6.45) is 0. The molecule has 6 aromatic carbocycles. The van der Waals surface area contributed by atoms with Crippen molar-refractivity contribution in [3.63, 3.8) is 0 Å². The average molecular weight is 1060 g/mol. The third-order valence-electron chi connectivity index (χ3n) is 13.8. The molecule has 6 rings (SSSR count). The van der Waals surface area contributed by atoms with Crippen LogP contribution in [0.25, 0.3) is 0 Å². The fourth-order valence-corrected chi connectivity index (χ4v) is 8.25. The SMILES string of the molecule is CC(C)c1ccc(C(C)(C)OOC(=O)c2ccc(C(=O)c3ccc(C(=O)OOC(C)(C)c4ccc(C(C)C)cc4)c(C(=O)OOC(C)(C)c4ccc(C(C)C)cc4)c3)cc2C(=O)OOC(C)(C)c2ccc(C(C)C)cc2)cc1. The van der Waals surface area contributed by atoms with Gasteiger partial charge in [0.2, 0.25) is 0 Å². The van der Waals surface area contributed by atoms with Gasteiger partial charge >= 0.3 is 23.9 Å². The van der Waals surface area contributed by atoms with Crippen molar-refractivity contribution >= 4 is 29.7 Å². The molecule has 0 amide bonds. The van der Waals surface area contributed by atoms with E-state index in [1.54, 1.807) is 55.4 Å². The van der Waals surface area contributed by atoms with Crippen LogP contribution in [0.2, 0.25) is 0 Å². The standard InChI is InChI=1S/C65H74O13/c1-39(2)43-17-27-49(28-18-43)62(9,10)75-71-58(67)53-35-25-47(37-55(53)60(69)73-77-64(13,14)51-31-21-45(22-32-51)41(5)6)57(66)48-26-36-54(59(68)72-76-63(11,12)50-29-19-44(20-30-50)40(3)4)56(38-48)61(70)74-78-65(15,16)52-33-23-46(24-34-52)42(7)8/h17-42H,1-16H3. The van der Waals surface area contributed by atoms with Gasteiger partial charge in [-0.05, 0) is 148 Å². The number of hydrogen-bond donors (Lipinski definition) is 0. The van der Waals surface area contributed by atoms with Crippen molar-refractivity contribution in [3.8, 4) is 0 Å². The quantitative estimate of drug-likeness (QED) is 0.0359. The van der Waals surface area contributed by atoms with Crippen molar-refractivity contribution < 1.29 is 63.1 Å². The summed E-state index contributed by atoms with van der Waals surface area (Å²) in [6.45, 7) is 30.3. The third-order valence-corrected chi connectivity index (χ3v) is 13.8. The van der Waals surface area contributed by atoms with Gasteiger partial charge in [-0.1, -0.05) is 165 Å². The summed E-state index contributed by atoms with van der Waals surface area (Å²) < 4.78 is 0. The van der Waals surface area contributed by atoms with Gasteiger partial charge in [0.25, 0.3) is 0 Å². The molecular formula is C65H74O13. The van der Waals surface area contributed by atoms with Crippen molar-refractivity contribution in [2.45, 2.75) is 157 Å². The molecule has 78 heavy (non-hydrogen) atoms. The Morgan fingerprint density at radius 1 is 0.295 bits per heavy atom. The molecule has 0 atom stereocenters. The molecule has 0 saturated carbocycles. The molecule has 13 heteroatoms. The largest absolute Gasteiger partial charge is 0.374 e. The van der Waals surface area contributed by atoms with Crippen LogP contribution in [0.1, 0.15) is 236 Å². The molecule has 0 aliphatic carbocycles. The van der Waals surface area contributed by atoms with Crippen LogP contribution in [0, 0.1) is 0 Å². The van der Waals surface area contributed by atoms with Crippen LogP contribution in [-0.4, -0.2) is 29.7 Å². The second-order valence-electron chi connectivity index (χ2n) is 22.8. The summed E-state index contributed by atoms with van der Waals surface area (Å²) in [6, 6.07) is 38.0. The molecule has 13 nitrogen and oxygen atoms in total. The first-order valence-corrected chi connectivity index (χ1v) is 26.4. The molecule has 0 aliphatic heterocycles. The van der Waals surface area contributed by atoms with E-state index >= 15 is 0 Å². The smallest absolute Gasteiger partial charge is 0.292 e. The van der Waals surface area contributed by atoms with E-state index in [-0.39, 0.29) is 34.1 Å². The molecule has 0 fully saturated rings. The van der Waals surface area contributed by atoms with Crippen molar-refractivity contribution in [1.29, 1.82) is 0 Å². The highest BCUT2D eigenvalue weighted by atomic mass is 17.2. The summed E-state index contributed by atoms with van der Waals surface area (Å²) in [5.41, 5.74) is 0.985. The third kappa shape index (κ3) is 14.6. The monoisotopic (exact) mass is 1060 g/mol. The van der Waals surface area contributed by atoms with Crippen molar-refractivity contribution in [2.24, 2.45) is 0 Å². The van der Waals surface area contributed by atoms with Crippen molar-refractivity contribution in [3.05, 3.63) is 211 Å². The van der Waals surface area contributed by atoms with Gasteiger partial charge in [0, 0.05) is 11.1 Å². The van der Waals surface area contributed by atoms with Crippen molar-refractivity contribution in [1.82, 2.24) is 0 Å². The summed E-state index contributed by atoms with van der Waals surface area (Å²) in [7, 11) is 0. The van der Waals surface area contributed by atoms with E-state index in [2.05, 4.69) is 55.4 Å². The van der Waals surface area contributed by atoms with Crippen LogP contribution < -0.4 is 0 Å². The van der Waals surface area contributed by atoms with Gasteiger partial charge in [-0.3, -0.25) is 24.3 Å². The van der Waals surface area contributed by atoms with E-state index in [9.17, 15) is 24.0 Å². The summed E-state index contributed by atoms with van der Waals surface area (Å²) in [5.74, 6) is -3.98. The number of carbonyl (C=O) groups excluding carboxylic acids is 5. The Kier molecular flexibility index (Phi) is 18.9. The molecule has 0 unspecified atom stereocenters. The van der Waals surface area contributed by atoms with E-state index in [4.69, 9.17) is 39.1 Å². The Balaban J connectivity index is 1.34. The zero-order valence-corrected chi connectivity index (χ0v) is 47.8. The van der Waals surface area contributed by atoms with Gasteiger partial charge in [0.1, 0.15) is 22.4 Å². The predicted molar refractivity (Wildman–Crippen MR) is 297 cm³/mol. The van der Waals surface area contributed by atoms with Crippen LogP contribution in [0.15, 0.2) is 133 Å². The minimum absolute atomic E-state index is 0.126. The van der Waals surface area contributed by atoms with Crippen LogP contribution >= 0.6 is 0 Å².